The van der Waals surface area contributed by atoms with E-state index in [0.29, 0.717) is 22.9 Å². The van der Waals surface area contributed by atoms with E-state index in [2.05, 4.69) is 16.2 Å². The van der Waals surface area contributed by atoms with E-state index in [1.54, 1.807) is 24.3 Å². The number of hydrogen-bond acceptors (Lipinski definition) is 4. The summed E-state index contributed by atoms with van der Waals surface area (Å²) in [5, 5.41) is 3.00. The summed E-state index contributed by atoms with van der Waals surface area (Å²) in [6.45, 7) is 2.46. The average Bonchev–Trinajstić information content (AvgIpc) is 2.64. The molecule has 0 unspecified atom stereocenters. The number of hydrogen-bond donors (Lipinski definition) is 3. The van der Waals surface area contributed by atoms with E-state index in [1.807, 2.05) is 6.92 Å². The van der Waals surface area contributed by atoms with Gasteiger partial charge >= 0.3 is 0 Å². The number of carbonyl (C=O) groups is 2. The number of hydrazine groups is 1. The highest BCUT2D eigenvalue weighted by Crippen LogP contribution is 2.20. The van der Waals surface area contributed by atoms with Gasteiger partial charge in [0.05, 0.1) is 22.8 Å². The molecule has 2 amide bonds. The molecule has 0 aliphatic rings. The Morgan fingerprint density at radius 2 is 1.78 bits per heavy atom. The normalized spacial score (nSPS) is 10.0. The Morgan fingerprint density at radius 3 is 2.48 bits per heavy atom. The van der Waals surface area contributed by atoms with Crippen LogP contribution in [0.1, 0.15) is 34.1 Å². The fraction of sp³-hybridized carbons (Fsp3) is 0.167. The minimum atomic E-state index is -0.528. The molecule has 27 heavy (non-hydrogen) atoms. The SMILES string of the molecule is CCCOc1ccccc1C(=O)NC(=S)NNC(=O)c1ccc(Cl)cc1Cl. The Kier molecular flexibility index (Phi) is 7.84. The van der Waals surface area contributed by atoms with Crippen molar-refractivity contribution in [3.63, 3.8) is 0 Å². The summed E-state index contributed by atoms with van der Waals surface area (Å²) in [5.74, 6) is -0.533. The Labute approximate surface area is 172 Å². The molecule has 0 spiro atoms. The van der Waals surface area contributed by atoms with Gasteiger partial charge in [-0.15, -0.1) is 0 Å². The van der Waals surface area contributed by atoms with Crippen molar-refractivity contribution in [3.05, 3.63) is 63.6 Å². The number of ether oxygens (including phenoxy) is 1. The van der Waals surface area contributed by atoms with E-state index < -0.39 is 11.8 Å². The van der Waals surface area contributed by atoms with Gasteiger partial charge in [0.1, 0.15) is 5.75 Å². The maximum Gasteiger partial charge on any atom is 0.271 e. The smallest absolute Gasteiger partial charge is 0.271 e. The number of benzene rings is 2. The molecule has 9 heteroatoms. The molecule has 0 bridgehead atoms. The van der Waals surface area contributed by atoms with E-state index in [4.69, 9.17) is 40.2 Å². The van der Waals surface area contributed by atoms with Crippen LogP contribution in [0.25, 0.3) is 0 Å². The summed E-state index contributed by atoms with van der Waals surface area (Å²) >= 11 is 16.8. The van der Waals surface area contributed by atoms with Crippen molar-refractivity contribution in [1.82, 2.24) is 16.2 Å². The van der Waals surface area contributed by atoms with Crippen molar-refractivity contribution in [2.45, 2.75) is 13.3 Å². The third-order valence-corrected chi connectivity index (χ3v) is 4.04. The zero-order valence-electron chi connectivity index (χ0n) is 14.3. The van der Waals surface area contributed by atoms with Gasteiger partial charge in [-0.05, 0) is 49.0 Å². The molecule has 0 aliphatic heterocycles. The standard InChI is InChI=1S/C18H17Cl2N3O3S/c1-2-9-26-15-6-4-3-5-13(15)16(24)21-18(27)23-22-17(25)12-8-7-11(19)10-14(12)20/h3-8,10H,2,9H2,1H3,(H,22,25)(H2,21,23,24,27). The quantitative estimate of drug-likeness (QED) is 0.502. The van der Waals surface area contributed by atoms with Gasteiger partial charge in [0, 0.05) is 5.02 Å². The summed E-state index contributed by atoms with van der Waals surface area (Å²) < 4.78 is 5.55. The van der Waals surface area contributed by atoms with Crippen molar-refractivity contribution in [2.24, 2.45) is 0 Å². The molecule has 0 radical (unpaired) electrons. The summed E-state index contributed by atoms with van der Waals surface area (Å²) in [7, 11) is 0. The Balaban J connectivity index is 1.94. The lowest BCUT2D eigenvalue weighted by Crippen LogP contribution is -2.48. The molecule has 0 heterocycles. The van der Waals surface area contributed by atoms with Crippen LogP contribution in [0, 0.1) is 0 Å². The van der Waals surface area contributed by atoms with Crippen molar-refractivity contribution in [2.75, 3.05) is 6.61 Å². The molecule has 6 nitrogen and oxygen atoms in total. The van der Waals surface area contributed by atoms with Crippen molar-refractivity contribution >= 4 is 52.3 Å². The second-order valence-electron chi connectivity index (χ2n) is 5.33. The number of amides is 2. The molecular formula is C18H17Cl2N3O3S. The van der Waals surface area contributed by atoms with Crippen LogP contribution in [0.2, 0.25) is 10.0 Å². The molecule has 2 aromatic rings. The van der Waals surface area contributed by atoms with Crippen LogP contribution in [-0.4, -0.2) is 23.5 Å². The van der Waals surface area contributed by atoms with Gasteiger partial charge in [-0.25, -0.2) is 0 Å². The topological polar surface area (TPSA) is 79.5 Å². The molecule has 0 saturated carbocycles. The molecule has 2 rings (SSSR count). The Hall–Kier alpha value is -2.35. The van der Waals surface area contributed by atoms with Gasteiger partial charge in [-0.2, -0.15) is 0 Å². The molecule has 142 valence electrons. The Bertz CT molecular complexity index is 861. The molecule has 3 N–H and O–H groups in total. The second-order valence-corrected chi connectivity index (χ2v) is 6.58. The molecular weight excluding hydrogens is 409 g/mol. The average molecular weight is 426 g/mol. The summed E-state index contributed by atoms with van der Waals surface area (Å²) in [6.07, 6.45) is 0.815. The van der Waals surface area contributed by atoms with Crippen LogP contribution in [0.3, 0.4) is 0 Å². The molecule has 0 saturated heterocycles. The number of para-hydroxylation sites is 1. The third-order valence-electron chi connectivity index (χ3n) is 3.29. The predicted octanol–water partition coefficient (Wildman–Crippen LogP) is 3.73. The zero-order valence-corrected chi connectivity index (χ0v) is 16.7. The number of thiocarbonyl (C=S) groups is 1. The minimum Gasteiger partial charge on any atom is -0.493 e. The first-order valence-corrected chi connectivity index (χ1v) is 9.17. The maximum atomic E-state index is 12.4. The van der Waals surface area contributed by atoms with Gasteiger partial charge < -0.3 is 4.74 Å². The minimum absolute atomic E-state index is 0.0799. The van der Waals surface area contributed by atoms with Crippen LogP contribution < -0.4 is 20.9 Å². The van der Waals surface area contributed by atoms with Gasteiger partial charge in [0.2, 0.25) is 0 Å². The summed E-state index contributed by atoms with van der Waals surface area (Å²) in [5.41, 5.74) is 5.36. The van der Waals surface area contributed by atoms with E-state index in [-0.39, 0.29) is 15.7 Å². The van der Waals surface area contributed by atoms with Crippen LogP contribution in [0.5, 0.6) is 5.75 Å². The highest BCUT2D eigenvalue weighted by Gasteiger charge is 2.15. The lowest BCUT2D eigenvalue weighted by molar-refractivity contribution is 0.0933. The maximum absolute atomic E-state index is 12.4. The van der Waals surface area contributed by atoms with Gasteiger partial charge in [0.15, 0.2) is 5.11 Å². The number of halogens is 2. The van der Waals surface area contributed by atoms with Crippen LogP contribution in [-0.2, 0) is 0 Å². The fourth-order valence-corrected chi connectivity index (χ4v) is 2.69. The lowest BCUT2D eigenvalue weighted by atomic mass is 10.2. The number of nitrogens with one attached hydrogen (secondary N) is 3. The van der Waals surface area contributed by atoms with E-state index >= 15 is 0 Å². The van der Waals surface area contributed by atoms with Crippen molar-refractivity contribution in [1.29, 1.82) is 0 Å². The molecule has 0 aliphatic carbocycles. The fourth-order valence-electron chi connectivity index (χ4n) is 2.05. The van der Waals surface area contributed by atoms with E-state index in [9.17, 15) is 9.59 Å². The molecule has 0 atom stereocenters. The number of carbonyl (C=O) groups excluding carboxylic acids is 2. The van der Waals surface area contributed by atoms with Gasteiger partial charge in [-0.3, -0.25) is 25.8 Å². The van der Waals surface area contributed by atoms with Gasteiger partial charge in [-0.1, -0.05) is 42.3 Å². The third kappa shape index (κ3) is 6.09. The van der Waals surface area contributed by atoms with E-state index in [0.717, 1.165) is 6.42 Å². The first-order valence-electron chi connectivity index (χ1n) is 8.01. The van der Waals surface area contributed by atoms with Crippen molar-refractivity contribution < 1.29 is 14.3 Å². The van der Waals surface area contributed by atoms with Crippen molar-refractivity contribution in [3.8, 4) is 5.75 Å². The first-order chi connectivity index (χ1) is 12.9. The zero-order chi connectivity index (χ0) is 19.8. The van der Waals surface area contributed by atoms with Crippen LogP contribution >= 0.6 is 35.4 Å². The highest BCUT2D eigenvalue weighted by molar-refractivity contribution is 7.80. The predicted molar refractivity (Wildman–Crippen MR) is 109 cm³/mol. The first kappa shape index (κ1) is 21.0. The highest BCUT2D eigenvalue weighted by atomic mass is 35.5. The molecule has 0 aromatic heterocycles. The van der Waals surface area contributed by atoms with Gasteiger partial charge in [0.25, 0.3) is 11.8 Å². The van der Waals surface area contributed by atoms with E-state index in [1.165, 1.54) is 18.2 Å². The molecule has 2 aromatic carbocycles. The second kappa shape index (κ2) is 10.1. The monoisotopic (exact) mass is 425 g/mol. The van der Waals surface area contributed by atoms with Crippen LogP contribution in [0.4, 0.5) is 0 Å². The van der Waals surface area contributed by atoms with Crippen LogP contribution in [0.15, 0.2) is 42.5 Å². The summed E-state index contributed by atoms with van der Waals surface area (Å²) in [6, 6.07) is 11.3. The lowest BCUT2D eigenvalue weighted by Gasteiger charge is -2.13. The summed E-state index contributed by atoms with van der Waals surface area (Å²) in [4.78, 5) is 24.5. The largest absolute Gasteiger partial charge is 0.493 e. The number of rotatable bonds is 5. The molecule has 0 fully saturated rings. The Morgan fingerprint density at radius 1 is 1.04 bits per heavy atom.